The molecule has 112 valence electrons. The first-order valence-corrected chi connectivity index (χ1v) is 8.13. The van der Waals surface area contributed by atoms with Crippen LogP contribution in [0.25, 0.3) is 0 Å². The van der Waals surface area contributed by atoms with Crippen molar-refractivity contribution in [3.05, 3.63) is 33.8 Å². The molecule has 0 radical (unpaired) electrons. The van der Waals surface area contributed by atoms with Crippen molar-refractivity contribution in [2.24, 2.45) is 0 Å². The third-order valence-electron chi connectivity index (χ3n) is 4.66. The highest BCUT2D eigenvalue weighted by molar-refractivity contribution is 6.42. The predicted molar refractivity (Wildman–Crippen MR) is 85.5 cm³/mol. The number of aliphatic hydroxyl groups excluding tert-OH is 1. The summed E-state index contributed by atoms with van der Waals surface area (Å²) >= 11 is 12.4. The van der Waals surface area contributed by atoms with Crippen LogP contribution < -0.4 is 0 Å². The van der Waals surface area contributed by atoms with Gasteiger partial charge in [0.2, 0.25) is 0 Å². The van der Waals surface area contributed by atoms with E-state index in [4.69, 9.17) is 23.2 Å². The normalized spacial score (nSPS) is 21.4. The molecule has 1 aliphatic heterocycles. The fraction of sp³-hybridized carbons (Fsp3) is 0.625. The van der Waals surface area contributed by atoms with Crippen molar-refractivity contribution in [2.75, 3.05) is 13.1 Å². The van der Waals surface area contributed by atoms with Crippen LogP contribution in [0.1, 0.15) is 51.2 Å². The Balaban J connectivity index is 2.32. The third-order valence-corrected chi connectivity index (χ3v) is 5.49. The van der Waals surface area contributed by atoms with Crippen LogP contribution >= 0.6 is 23.2 Å². The molecule has 1 saturated heterocycles. The Kier molecular flexibility index (Phi) is 5.36. The van der Waals surface area contributed by atoms with Gasteiger partial charge in [-0.05, 0) is 45.3 Å². The Morgan fingerprint density at radius 2 is 1.90 bits per heavy atom. The van der Waals surface area contributed by atoms with Gasteiger partial charge >= 0.3 is 0 Å². The number of hydrogen-bond acceptors (Lipinski definition) is 2. The molecule has 2 rings (SSSR count). The Morgan fingerprint density at radius 3 is 2.50 bits per heavy atom. The standard InChI is InChI=1S/C16H23Cl2NO/c1-3-16(2,19-10-5-4-6-11-19)15(20)12-8-7-9-13(17)14(12)18/h7-9,15,20H,3-6,10-11H2,1-2H3. The number of benzene rings is 1. The van der Waals surface area contributed by atoms with Crippen molar-refractivity contribution >= 4 is 23.2 Å². The van der Waals surface area contributed by atoms with E-state index in [1.54, 1.807) is 6.07 Å². The monoisotopic (exact) mass is 315 g/mol. The summed E-state index contributed by atoms with van der Waals surface area (Å²) in [6.45, 7) is 6.33. The maximum Gasteiger partial charge on any atom is 0.0985 e. The van der Waals surface area contributed by atoms with Crippen molar-refractivity contribution in [1.29, 1.82) is 0 Å². The van der Waals surface area contributed by atoms with E-state index >= 15 is 0 Å². The summed E-state index contributed by atoms with van der Waals surface area (Å²) in [5.41, 5.74) is 0.434. The van der Waals surface area contributed by atoms with Gasteiger partial charge in [-0.15, -0.1) is 0 Å². The highest BCUT2D eigenvalue weighted by Gasteiger charge is 2.39. The van der Waals surface area contributed by atoms with Crippen molar-refractivity contribution in [3.8, 4) is 0 Å². The van der Waals surface area contributed by atoms with E-state index in [9.17, 15) is 5.11 Å². The molecule has 0 amide bonds. The zero-order valence-electron chi connectivity index (χ0n) is 12.2. The van der Waals surface area contributed by atoms with Gasteiger partial charge < -0.3 is 5.11 Å². The largest absolute Gasteiger partial charge is 0.386 e. The smallest absolute Gasteiger partial charge is 0.0985 e. The molecule has 1 aromatic carbocycles. The molecule has 2 unspecified atom stereocenters. The van der Waals surface area contributed by atoms with Gasteiger partial charge in [0, 0.05) is 11.1 Å². The second kappa shape index (κ2) is 6.65. The molecule has 1 heterocycles. The minimum Gasteiger partial charge on any atom is -0.386 e. The van der Waals surface area contributed by atoms with Crippen molar-refractivity contribution < 1.29 is 5.11 Å². The molecule has 0 aromatic heterocycles. The van der Waals surface area contributed by atoms with Gasteiger partial charge in [-0.25, -0.2) is 0 Å². The van der Waals surface area contributed by atoms with Crippen molar-refractivity contribution in [1.82, 2.24) is 4.90 Å². The Labute approximate surface area is 131 Å². The lowest BCUT2D eigenvalue weighted by molar-refractivity contribution is -0.0351. The minimum absolute atomic E-state index is 0.297. The fourth-order valence-electron chi connectivity index (χ4n) is 3.06. The summed E-state index contributed by atoms with van der Waals surface area (Å²) in [6.07, 6.45) is 3.93. The number of aliphatic hydroxyl groups is 1. The van der Waals surface area contributed by atoms with Gasteiger partial charge in [0.1, 0.15) is 0 Å². The molecule has 2 atom stereocenters. The molecule has 1 aromatic rings. The molecule has 20 heavy (non-hydrogen) atoms. The lowest BCUT2D eigenvalue weighted by Crippen LogP contribution is -2.52. The van der Waals surface area contributed by atoms with E-state index in [1.807, 2.05) is 12.1 Å². The number of nitrogens with zero attached hydrogens (tertiary/aromatic N) is 1. The molecular formula is C16H23Cl2NO. The molecule has 1 fully saturated rings. The van der Waals surface area contributed by atoms with Gasteiger partial charge in [-0.2, -0.15) is 0 Å². The first kappa shape index (κ1) is 16.1. The third kappa shape index (κ3) is 2.99. The zero-order valence-corrected chi connectivity index (χ0v) is 13.7. The van der Waals surface area contributed by atoms with Crippen LogP contribution in [0.5, 0.6) is 0 Å². The summed E-state index contributed by atoms with van der Waals surface area (Å²) in [5.74, 6) is 0. The number of rotatable bonds is 4. The maximum absolute atomic E-state index is 10.9. The molecule has 0 saturated carbocycles. The number of piperidine rings is 1. The van der Waals surface area contributed by atoms with E-state index < -0.39 is 6.10 Å². The molecule has 1 aliphatic rings. The van der Waals surface area contributed by atoms with Crippen LogP contribution in [0.4, 0.5) is 0 Å². The topological polar surface area (TPSA) is 23.5 Å². The van der Waals surface area contributed by atoms with Crippen molar-refractivity contribution in [2.45, 2.75) is 51.2 Å². The number of hydrogen-bond donors (Lipinski definition) is 1. The van der Waals surface area contributed by atoms with Crippen LogP contribution in [0.3, 0.4) is 0 Å². The zero-order chi connectivity index (χ0) is 14.8. The van der Waals surface area contributed by atoms with E-state index in [2.05, 4.69) is 18.7 Å². The maximum atomic E-state index is 10.9. The summed E-state index contributed by atoms with van der Waals surface area (Å²) in [7, 11) is 0. The molecule has 0 spiro atoms. The summed E-state index contributed by atoms with van der Waals surface area (Å²) in [6, 6.07) is 5.47. The quantitative estimate of drug-likeness (QED) is 0.872. The van der Waals surface area contributed by atoms with Crippen molar-refractivity contribution in [3.63, 3.8) is 0 Å². The average molecular weight is 316 g/mol. The van der Waals surface area contributed by atoms with Crippen LogP contribution in [0.2, 0.25) is 10.0 Å². The van der Waals surface area contributed by atoms with Gasteiger partial charge in [0.05, 0.1) is 16.1 Å². The lowest BCUT2D eigenvalue weighted by atomic mass is 9.84. The first-order valence-electron chi connectivity index (χ1n) is 7.37. The lowest BCUT2D eigenvalue weighted by Gasteiger charge is -2.46. The molecule has 0 bridgehead atoms. The van der Waals surface area contributed by atoms with Crippen LogP contribution in [-0.4, -0.2) is 28.6 Å². The average Bonchev–Trinajstić information content (AvgIpc) is 2.49. The summed E-state index contributed by atoms with van der Waals surface area (Å²) < 4.78 is 0. The summed E-state index contributed by atoms with van der Waals surface area (Å²) in [5, 5.41) is 11.9. The Morgan fingerprint density at radius 1 is 1.25 bits per heavy atom. The van der Waals surface area contributed by atoms with Gasteiger partial charge in [0.25, 0.3) is 0 Å². The molecular weight excluding hydrogens is 293 g/mol. The predicted octanol–water partition coefficient (Wildman–Crippen LogP) is 4.68. The highest BCUT2D eigenvalue weighted by atomic mass is 35.5. The van der Waals surface area contributed by atoms with Gasteiger partial charge in [-0.1, -0.05) is 48.7 Å². The number of likely N-dealkylation sites (tertiary alicyclic amines) is 1. The van der Waals surface area contributed by atoms with E-state index in [0.717, 1.165) is 25.1 Å². The van der Waals surface area contributed by atoms with Gasteiger partial charge in [0.15, 0.2) is 0 Å². The summed E-state index contributed by atoms with van der Waals surface area (Å²) in [4.78, 5) is 2.40. The van der Waals surface area contributed by atoms with Gasteiger partial charge in [-0.3, -0.25) is 4.90 Å². The van der Waals surface area contributed by atoms with Crippen LogP contribution in [-0.2, 0) is 0 Å². The molecule has 4 heteroatoms. The van der Waals surface area contributed by atoms with E-state index in [-0.39, 0.29) is 5.54 Å². The fourth-order valence-corrected chi connectivity index (χ4v) is 3.47. The van der Waals surface area contributed by atoms with E-state index in [0.29, 0.717) is 10.0 Å². The van der Waals surface area contributed by atoms with E-state index in [1.165, 1.54) is 19.3 Å². The highest BCUT2D eigenvalue weighted by Crippen LogP contribution is 2.40. The molecule has 1 N–H and O–H groups in total. The second-order valence-electron chi connectivity index (χ2n) is 5.80. The minimum atomic E-state index is -0.628. The Hall–Kier alpha value is -0.280. The molecule has 2 nitrogen and oxygen atoms in total. The first-order chi connectivity index (χ1) is 9.50. The number of halogens is 2. The molecule has 0 aliphatic carbocycles. The van der Waals surface area contributed by atoms with Crippen LogP contribution in [0, 0.1) is 0 Å². The Bertz CT molecular complexity index is 460. The second-order valence-corrected chi connectivity index (χ2v) is 6.59. The SMILES string of the molecule is CCC(C)(C(O)c1cccc(Cl)c1Cl)N1CCCCC1. The van der Waals surface area contributed by atoms with Crippen LogP contribution in [0.15, 0.2) is 18.2 Å².